The van der Waals surface area contributed by atoms with Gasteiger partial charge in [0, 0.05) is 29.1 Å². The number of amides is 1. The molecule has 1 fully saturated rings. The highest BCUT2D eigenvalue weighted by Crippen LogP contribution is 2.25. The maximum Gasteiger partial charge on any atom is 0.243 e. The molecule has 0 unspecified atom stereocenters. The van der Waals surface area contributed by atoms with E-state index in [0.29, 0.717) is 29.6 Å². The Morgan fingerprint density at radius 2 is 1.57 bits per heavy atom. The fourth-order valence-electron chi connectivity index (χ4n) is 4.38. The van der Waals surface area contributed by atoms with Gasteiger partial charge in [0.25, 0.3) is 0 Å². The molecule has 1 saturated heterocycles. The molecule has 1 heterocycles. The number of nitrogens with zero attached hydrogens (tertiary/aromatic N) is 2. The third-order valence-corrected chi connectivity index (χ3v) is 9.11. The summed E-state index contributed by atoms with van der Waals surface area (Å²) in [6.45, 7) is 1.06. The molecule has 0 aliphatic carbocycles. The standard InChI is InChI=1S/C27H28BrClN2O3S/c28-24-10-12-25(13-11-24)35(33,34)31(19-23-8-4-5-9-26(23)29)20-27(32)30-16-14-22(15-17-30)18-21-6-2-1-3-7-21/h1-13,22H,14-20H2. The maximum absolute atomic E-state index is 13.5. The van der Waals surface area contributed by atoms with Crippen LogP contribution in [0.3, 0.4) is 0 Å². The van der Waals surface area contributed by atoms with Gasteiger partial charge in [0.2, 0.25) is 15.9 Å². The first-order valence-electron chi connectivity index (χ1n) is 11.6. The van der Waals surface area contributed by atoms with Crippen LogP contribution in [0.2, 0.25) is 5.02 Å². The van der Waals surface area contributed by atoms with E-state index in [1.807, 2.05) is 24.3 Å². The van der Waals surface area contributed by atoms with Gasteiger partial charge in [0.15, 0.2) is 0 Å². The number of piperidine rings is 1. The van der Waals surface area contributed by atoms with Gasteiger partial charge in [-0.1, -0.05) is 76.1 Å². The number of likely N-dealkylation sites (tertiary alicyclic amines) is 1. The molecule has 0 radical (unpaired) electrons. The van der Waals surface area contributed by atoms with Crippen LogP contribution < -0.4 is 0 Å². The van der Waals surface area contributed by atoms with Gasteiger partial charge in [0.1, 0.15) is 0 Å². The quantitative estimate of drug-likeness (QED) is 0.342. The first kappa shape index (κ1) is 25.9. The molecule has 3 aromatic carbocycles. The van der Waals surface area contributed by atoms with Gasteiger partial charge in [-0.05, 0) is 66.6 Å². The maximum atomic E-state index is 13.5. The van der Waals surface area contributed by atoms with Gasteiger partial charge in [-0.25, -0.2) is 8.42 Å². The molecular weight excluding hydrogens is 548 g/mol. The second-order valence-electron chi connectivity index (χ2n) is 8.83. The van der Waals surface area contributed by atoms with Crippen LogP contribution in [0, 0.1) is 5.92 Å². The average molecular weight is 576 g/mol. The third kappa shape index (κ3) is 6.73. The zero-order chi connectivity index (χ0) is 24.8. The Hall–Kier alpha value is -2.19. The van der Waals surface area contributed by atoms with Crippen molar-refractivity contribution in [2.45, 2.75) is 30.7 Å². The number of sulfonamides is 1. The summed E-state index contributed by atoms with van der Waals surface area (Å²) >= 11 is 9.67. The van der Waals surface area contributed by atoms with Crippen molar-refractivity contribution < 1.29 is 13.2 Å². The smallest absolute Gasteiger partial charge is 0.243 e. The van der Waals surface area contributed by atoms with E-state index in [9.17, 15) is 13.2 Å². The van der Waals surface area contributed by atoms with E-state index in [4.69, 9.17) is 11.6 Å². The summed E-state index contributed by atoms with van der Waals surface area (Å²) in [6, 6.07) is 23.9. The first-order chi connectivity index (χ1) is 16.8. The lowest BCUT2D eigenvalue weighted by Crippen LogP contribution is -2.45. The number of carbonyl (C=O) groups is 1. The molecule has 5 nitrogen and oxygen atoms in total. The van der Waals surface area contributed by atoms with Crippen LogP contribution in [0.5, 0.6) is 0 Å². The minimum absolute atomic E-state index is 0.0221. The second-order valence-corrected chi connectivity index (χ2v) is 12.1. The van der Waals surface area contributed by atoms with Crippen molar-refractivity contribution in [2.75, 3.05) is 19.6 Å². The monoisotopic (exact) mass is 574 g/mol. The van der Waals surface area contributed by atoms with E-state index < -0.39 is 10.0 Å². The topological polar surface area (TPSA) is 57.7 Å². The van der Waals surface area contributed by atoms with Gasteiger partial charge in [-0.15, -0.1) is 0 Å². The Balaban J connectivity index is 1.47. The van der Waals surface area contributed by atoms with Crippen LogP contribution in [0.4, 0.5) is 0 Å². The minimum atomic E-state index is -3.91. The van der Waals surface area contributed by atoms with Crippen LogP contribution in [-0.4, -0.2) is 43.2 Å². The number of hydrogen-bond acceptors (Lipinski definition) is 3. The fourth-order valence-corrected chi connectivity index (χ4v) is 6.21. The van der Waals surface area contributed by atoms with Crippen molar-refractivity contribution in [3.8, 4) is 0 Å². The van der Waals surface area contributed by atoms with E-state index in [0.717, 1.165) is 23.7 Å². The molecular formula is C27H28BrClN2O3S. The second kappa shape index (κ2) is 11.7. The van der Waals surface area contributed by atoms with Crippen LogP contribution in [0.1, 0.15) is 24.0 Å². The molecule has 1 aliphatic heterocycles. The average Bonchev–Trinajstić information content (AvgIpc) is 2.86. The van der Waals surface area contributed by atoms with E-state index in [1.165, 1.54) is 9.87 Å². The van der Waals surface area contributed by atoms with Crippen LogP contribution in [-0.2, 0) is 27.8 Å². The van der Waals surface area contributed by atoms with Crippen molar-refractivity contribution in [1.82, 2.24) is 9.21 Å². The molecule has 0 aromatic heterocycles. The van der Waals surface area contributed by atoms with E-state index in [1.54, 1.807) is 47.4 Å². The SMILES string of the molecule is O=C(CN(Cc1ccccc1Cl)S(=O)(=O)c1ccc(Br)cc1)N1CCC(Cc2ccccc2)CC1. The Morgan fingerprint density at radius 3 is 2.23 bits per heavy atom. The Labute approximate surface area is 220 Å². The van der Waals surface area contributed by atoms with Crippen molar-refractivity contribution in [3.05, 3.63) is 99.5 Å². The summed E-state index contributed by atoms with van der Waals surface area (Å²) < 4.78 is 29.1. The molecule has 0 bridgehead atoms. The van der Waals surface area contributed by atoms with Crippen molar-refractivity contribution >= 4 is 43.5 Å². The van der Waals surface area contributed by atoms with E-state index >= 15 is 0 Å². The predicted molar refractivity (Wildman–Crippen MR) is 143 cm³/mol. The molecule has 184 valence electrons. The Morgan fingerprint density at radius 1 is 0.943 bits per heavy atom. The van der Waals surface area contributed by atoms with Gasteiger partial charge < -0.3 is 4.90 Å². The minimum Gasteiger partial charge on any atom is -0.342 e. The highest BCUT2D eigenvalue weighted by molar-refractivity contribution is 9.10. The molecule has 0 atom stereocenters. The molecule has 8 heteroatoms. The lowest BCUT2D eigenvalue weighted by Gasteiger charge is -2.33. The van der Waals surface area contributed by atoms with Crippen LogP contribution >= 0.6 is 27.5 Å². The lowest BCUT2D eigenvalue weighted by atomic mass is 9.90. The van der Waals surface area contributed by atoms with Gasteiger partial charge in [0.05, 0.1) is 11.4 Å². The summed E-state index contributed by atoms with van der Waals surface area (Å²) in [5, 5.41) is 0.470. The van der Waals surface area contributed by atoms with Crippen LogP contribution in [0.25, 0.3) is 0 Å². The van der Waals surface area contributed by atoms with E-state index in [-0.39, 0.29) is 23.9 Å². The summed E-state index contributed by atoms with van der Waals surface area (Å²) in [6.07, 6.45) is 2.81. The highest BCUT2D eigenvalue weighted by atomic mass is 79.9. The molecule has 1 aliphatic rings. The number of halogens is 2. The predicted octanol–water partition coefficient (Wildman–Crippen LogP) is 5.77. The zero-order valence-electron chi connectivity index (χ0n) is 19.3. The van der Waals surface area contributed by atoms with Gasteiger partial charge in [-0.2, -0.15) is 4.31 Å². The normalized spacial score (nSPS) is 14.9. The zero-order valence-corrected chi connectivity index (χ0v) is 22.5. The molecule has 35 heavy (non-hydrogen) atoms. The lowest BCUT2D eigenvalue weighted by molar-refractivity contribution is -0.132. The summed E-state index contributed by atoms with van der Waals surface area (Å²) in [5.74, 6) is 0.336. The molecule has 0 spiro atoms. The first-order valence-corrected chi connectivity index (χ1v) is 14.2. The Kier molecular flexibility index (Phi) is 8.65. The highest BCUT2D eigenvalue weighted by Gasteiger charge is 2.30. The van der Waals surface area contributed by atoms with Crippen molar-refractivity contribution in [3.63, 3.8) is 0 Å². The number of carbonyl (C=O) groups excluding carboxylic acids is 1. The van der Waals surface area contributed by atoms with Crippen molar-refractivity contribution in [2.24, 2.45) is 5.92 Å². The molecule has 4 rings (SSSR count). The Bertz CT molecular complexity index is 1240. The summed E-state index contributed by atoms with van der Waals surface area (Å²) in [5.41, 5.74) is 1.97. The van der Waals surface area contributed by atoms with Crippen molar-refractivity contribution in [1.29, 1.82) is 0 Å². The third-order valence-electron chi connectivity index (χ3n) is 6.40. The summed E-state index contributed by atoms with van der Waals surface area (Å²) in [7, 11) is -3.91. The fraction of sp³-hybridized carbons (Fsp3) is 0.296. The molecule has 0 saturated carbocycles. The summed E-state index contributed by atoms with van der Waals surface area (Å²) in [4.78, 5) is 15.2. The number of hydrogen-bond donors (Lipinski definition) is 0. The molecule has 3 aromatic rings. The van der Waals surface area contributed by atoms with Gasteiger partial charge in [-0.3, -0.25) is 4.79 Å². The molecule has 0 N–H and O–H groups in total. The number of benzene rings is 3. The number of rotatable bonds is 8. The van der Waals surface area contributed by atoms with Crippen LogP contribution in [0.15, 0.2) is 88.2 Å². The largest absolute Gasteiger partial charge is 0.342 e. The van der Waals surface area contributed by atoms with Gasteiger partial charge >= 0.3 is 0 Å². The van der Waals surface area contributed by atoms with E-state index in [2.05, 4.69) is 28.1 Å². The molecule has 1 amide bonds.